The molecule has 0 N–H and O–H groups in total. The third kappa shape index (κ3) is 10.1. The molecule has 4 heterocycles. The van der Waals surface area contributed by atoms with E-state index in [4.69, 9.17) is 15.0 Å². The van der Waals surface area contributed by atoms with Gasteiger partial charge in [-0.05, 0) is 111 Å². The normalized spacial score (nSPS) is 13.1. The van der Waals surface area contributed by atoms with Crippen LogP contribution in [0.4, 0.5) is 0 Å². The zero-order chi connectivity index (χ0) is 78.6. The fourth-order valence-corrected chi connectivity index (χ4v) is 31.8. The van der Waals surface area contributed by atoms with E-state index in [1.54, 1.807) is 4.57 Å². The monoisotopic (exact) mass is 1430 g/mol. The summed E-state index contributed by atoms with van der Waals surface area (Å²) in [5.74, 6) is 0.662. The van der Waals surface area contributed by atoms with E-state index in [0.717, 1.165) is 74.7 Å². The average molecular weight is 1440 g/mol. The van der Waals surface area contributed by atoms with Crippen LogP contribution >= 0.6 is 0 Å². The molecule has 0 aliphatic rings. The van der Waals surface area contributed by atoms with Gasteiger partial charge < -0.3 is 4.57 Å². The van der Waals surface area contributed by atoms with Crippen molar-refractivity contribution in [2.75, 3.05) is 0 Å². The van der Waals surface area contributed by atoms with Crippen molar-refractivity contribution >= 4 is 152 Å². The van der Waals surface area contributed by atoms with E-state index in [9.17, 15) is 11.0 Å². The number of para-hydroxylation sites is 4. The van der Waals surface area contributed by atoms with Gasteiger partial charge in [-0.1, -0.05) is 376 Å². The molecule has 6 nitrogen and oxygen atoms in total. The number of fused-ring (bicyclic) bond motifs is 9. The highest BCUT2D eigenvalue weighted by Gasteiger charge is 2.45. The molecule has 508 valence electrons. The van der Waals surface area contributed by atoms with E-state index in [1.165, 1.54) is 31.1 Å². The molecular formula is C99H70N6Si3. The summed E-state index contributed by atoms with van der Waals surface area (Å²) in [6, 6.07) is 130. The Bertz CT molecular complexity index is 6600. The highest BCUT2D eigenvalue weighted by Crippen LogP contribution is 2.39. The first-order valence-corrected chi connectivity index (χ1v) is 42.4. The van der Waals surface area contributed by atoms with Crippen LogP contribution in [-0.4, -0.2) is 52.9 Å². The van der Waals surface area contributed by atoms with E-state index in [-0.39, 0.29) is 45.2 Å². The molecule has 0 spiro atoms. The molecule has 0 fully saturated rings. The Hall–Kier alpha value is -13.4. The van der Waals surface area contributed by atoms with E-state index in [2.05, 4.69) is 349 Å². The third-order valence-corrected chi connectivity index (χ3v) is 36.4. The van der Waals surface area contributed by atoms with Crippen molar-refractivity contribution in [1.29, 1.82) is 0 Å². The second kappa shape index (κ2) is 26.6. The van der Waals surface area contributed by atoms with Gasteiger partial charge in [-0.25, -0.2) is 0 Å². The summed E-state index contributed by atoms with van der Waals surface area (Å²) < 4.78 is 83.2. The maximum Gasteiger partial charge on any atom is 0.240 e. The van der Waals surface area contributed by atoms with Crippen molar-refractivity contribution in [3.63, 3.8) is 0 Å². The Labute approximate surface area is 641 Å². The molecule has 0 aliphatic heterocycles. The number of hydrogen-bond acceptors (Lipinski definition) is 3. The highest BCUT2D eigenvalue weighted by molar-refractivity contribution is 7.21. The summed E-state index contributed by atoms with van der Waals surface area (Å²) in [4.78, 5) is 18.0. The van der Waals surface area contributed by atoms with Gasteiger partial charge in [0.15, 0.2) is 30.0 Å². The largest absolute Gasteiger partial charge is 0.309 e. The Kier molecular flexibility index (Phi) is 13.8. The van der Waals surface area contributed by atoms with Gasteiger partial charge in [0.2, 0.25) is 11.9 Å². The van der Waals surface area contributed by atoms with Gasteiger partial charge in [-0.15, -0.1) is 0 Å². The van der Waals surface area contributed by atoms with Crippen LogP contribution < -0.4 is 62.2 Å². The van der Waals surface area contributed by atoms with Crippen LogP contribution in [-0.2, 0) is 0 Å². The molecule has 0 saturated carbocycles. The van der Waals surface area contributed by atoms with Crippen LogP contribution in [0.1, 0.15) is 11.0 Å². The summed E-state index contributed by atoms with van der Waals surface area (Å²) >= 11 is 0. The number of hydrogen-bond donors (Lipinski definition) is 0. The SMILES string of the molecule is [2H]c1c([2H])c([2H])c2c(c1[2H])c1c([2H])c([2H])c([2H])c([2H])c1n2-c1ccc([Si](c2ccccc2)(c2ccccc2)c2ccccc2)cc1-c1nc(-n2c3ccccc3c3ccc([Si](c4ccccc4)(c4ccccc4)c4ccccc4)cc32)nc(-n2c3ccccc3c3ccc([Si](c4ccccc4)(c4ccccc4)c4ccccc4)cc32)n1. The maximum absolute atomic E-state index is 10.1. The van der Waals surface area contributed by atoms with Crippen LogP contribution in [0.5, 0.6) is 0 Å². The molecule has 0 bridgehead atoms. The quantitative estimate of drug-likeness (QED) is 0.0716. The van der Waals surface area contributed by atoms with Crippen LogP contribution in [0.3, 0.4) is 0 Å². The molecule has 0 atom stereocenters. The van der Waals surface area contributed by atoms with Gasteiger partial charge in [0.1, 0.15) is 0 Å². The smallest absolute Gasteiger partial charge is 0.240 e. The number of benzene rings is 16. The molecule has 4 aromatic heterocycles. The number of nitrogens with zero attached hydrogens (tertiary/aromatic N) is 6. The summed E-state index contributed by atoms with van der Waals surface area (Å²) in [6.07, 6.45) is 0. The summed E-state index contributed by atoms with van der Waals surface area (Å²) in [6.45, 7) is 0. The summed E-state index contributed by atoms with van der Waals surface area (Å²) in [5, 5.41) is 17.2. The zero-order valence-electron chi connectivity index (χ0n) is 66.5. The van der Waals surface area contributed by atoms with Crippen molar-refractivity contribution in [2.24, 2.45) is 0 Å². The van der Waals surface area contributed by atoms with Gasteiger partial charge in [-0.3, -0.25) is 9.13 Å². The lowest BCUT2D eigenvalue weighted by molar-refractivity contribution is 0.892. The molecule has 16 aromatic carbocycles. The first kappa shape index (κ1) is 56.0. The van der Waals surface area contributed by atoms with E-state index >= 15 is 0 Å². The number of rotatable bonds is 16. The predicted octanol–water partition coefficient (Wildman–Crippen LogP) is 15.0. The first-order chi connectivity index (χ1) is 56.9. The Morgan fingerprint density at radius 3 is 0.796 bits per heavy atom. The van der Waals surface area contributed by atoms with Crippen molar-refractivity contribution in [1.82, 2.24) is 28.7 Å². The van der Waals surface area contributed by atoms with Crippen LogP contribution in [0.2, 0.25) is 0 Å². The second-order valence-electron chi connectivity index (χ2n) is 27.5. The number of aromatic nitrogens is 6. The van der Waals surface area contributed by atoms with Crippen LogP contribution in [0.15, 0.2) is 424 Å². The molecule has 0 radical (unpaired) electrons. The fraction of sp³-hybridized carbons (Fsp3) is 0. The molecule has 20 aromatic rings. The molecular weight excluding hydrogens is 1360 g/mol. The molecule has 0 amide bonds. The standard InChI is InChI=1S/C99H70N6Si3/c1-10-36-71(37-11-1)106(72-38-12-2-13-39-72,73-40-14-3-15-41-73)80-64-67-94(103-90-58-32-28-54-83(90)84-55-29-33-59-91(84)103)89(68-80)97-100-98(104-92-60-34-30-56-85(92)87-65-62-81(69-95(87)104)107(74-42-16-4-17-43-74,75-44-18-5-19-45-75)76-46-20-6-21-47-76)102-99(101-97)105-93-61-35-31-57-86(93)88-66-63-82(70-96(88)105)108(77-48-22-7-23-49-77,78-50-24-8-25-51-78)79-52-26-9-27-53-79/h1-70H/i28D,29D,32D,33D,54D,55D,58D,59D. The molecule has 0 aliphatic carbocycles. The van der Waals surface area contributed by atoms with Gasteiger partial charge >= 0.3 is 0 Å². The Morgan fingerprint density at radius 2 is 0.472 bits per heavy atom. The molecule has 20 rings (SSSR count). The minimum absolute atomic E-state index is 0.0464. The van der Waals surface area contributed by atoms with Crippen molar-refractivity contribution in [2.45, 2.75) is 0 Å². The van der Waals surface area contributed by atoms with Crippen molar-refractivity contribution < 1.29 is 11.0 Å². The highest BCUT2D eigenvalue weighted by atomic mass is 28.3. The van der Waals surface area contributed by atoms with Gasteiger partial charge in [0, 0.05) is 37.9 Å². The second-order valence-corrected chi connectivity index (χ2v) is 38.9. The predicted molar refractivity (Wildman–Crippen MR) is 459 cm³/mol. The lowest BCUT2D eigenvalue weighted by atomic mass is 10.1. The average Bonchev–Trinajstić information content (AvgIpc) is 1.51. The van der Waals surface area contributed by atoms with Crippen molar-refractivity contribution in [3.05, 3.63) is 424 Å². The molecule has 0 saturated heterocycles. The third-order valence-electron chi connectivity index (χ3n) is 22.0. The lowest BCUT2D eigenvalue weighted by Gasteiger charge is -2.35. The van der Waals surface area contributed by atoms with E-state index < -0.39 is 72.6 Å². The molecule has 0 unspecified atom stereocenters. The minimum atomic E-state index is -3.57. The summed E-state index contributed by atoms with van der Waals surface area (Å²) in [7, 11) is -10.1. The lowest BCUT2D eigenvalue weighted by Crippen LogP contribution is -2.74. The van der Waals surface area contributed by atoms with Gasteiger partial charge in [-0.2, -0.15) is 15.0 Å². The fourth-order valence-electron chi connectivity index (χ4n) is 17.5. The molecule has 108 heavy (non-hydrogen) atoms. The van der Waals surface area contributed by atoms with E-state index in [0.29, 0.717) is 5.56 Å². The summed E-state index contributed by atoms with van der Waals surface area (Å²) in [5.41, 5.74) is 3.85. The Balaban J connectivity index is 0.984. The van der Waals surface area contributed by atoms with E-state index in [1.807, 2.05) is 36.4 Å². The first-order valence-electron chi connectivity index (χ1n) is 40.4. The topological polar surface area (TPSA) is 53.5 Å². The Morgan fingerprint density at radius 1 is 0.204 bits per heavy atom. The zero-order valence-corrected chi connectivity index (χ0v) is 61.5. The molecule has 9 heteroatoms. The minimum Gasteiger partial charge on any atom is -0.309 e. The maximum atomic E-state index is 10.1. The van der Waals surface area contributed by atoms with Crippen molar-refractivity contribution in [3.8, 4) is 29.0 Å². The van der Waals surface area contributed by atoms with Crippen LogP contribution in [0, 0.1) is 0 Å². The van der Waals surface area contributed by atoms with Gasteiger partial charge in [0.25, 0.3) is 0 Å². The van der Waals surface area contributed by atoms with Crippen LogP contribution in [0.25, 0.3) is 94.4 Å². The van der Waals surface area contributed by atoms with Gasteiger partial charge in [0.05, 0.1) is 49.8 Å².